The predicted octanol–water partition coefficient (Wildman–Crippen LogP) is 5.46. The van der Waals surface area contributed by atoms with Crippen LogP contribution in [-0.2, 0) is 14.8 Å². The Kier molecular flexibility index (Phi) is 8.13. The summed E-state index contributed by atoms with van der Waals surface area (Å²) in [5.41, 5.74) is -0.200. The van der Waals surface area contributed by atoms with Crippen molar-refractivity contribution in [2.45, 2.75) is 50.2 Å². The first-order valence-electron chi connectivity index (χ1n) is 10.7. The Hall–Kier alpha value is -2.33. The van der Waals surface area contributed by atoms with Crippen LogP contribution < -0.4 is 10.1 Å². The summed E-state index contributed by atoms with van der Waals surface area (Å²) in [5.74, 6) is 0.384. The van der Waals surface area contributed by atoms with E-state index in [9.17, 15) is 13.2 Å². The number of hydrogen-bond acceptors (Lipinski definition) is 6. The van der Waals surface area contributed by atoms with Gasteiger partial charge < -0.3 is 20.2 Å². The Morgan fingerprint density at radius 2 is 1.74 bits per heavy atom. The average Bonchev–Trinajstić information content (AvgIpc) is 2.72. The van der Waals surface area contributed by atoms with E-state index in [0.717, 1.165) is 6.21 Å². The number of carbonyl (C=O) groups excluding carboxylic acids is 1. The molecule has 34 heavy (non-hydrogen) atoms. The monoisotopic (exact) mass is 527 g/mol. The van der Waals surface area contributed by atoms with Crippen LogP contribution in [0.2, 0.25) is 10.0 Å². The highest BCUT2D eigenvalue weighted by Crippen LogP contribution is 2.34. The number of nitrogens with one attached hydrogen (secondary N) is 2. The summed E-state index contributed by atoms with van der Waals surface area (Å²) in [6.45, 7) is 5.75. The molecule has 0 aliphatic carbocycles. The lowest BCUT2D eigenvalue weighted by Gasteiger charge is -2.32. The Morgan fingerprint density at radius 1 is 1.12 bits per heavy atom. The molecule has 0 spiro atoms. The number of carbonyl (C=O) groups is 1. The molecule has 1 aliphatic rings. The van der Waals surface area contributed by atoms with Gasteiger partial charge in [0.25, 0.3) is 0 Å². The van der Waals surface area contributed by atoms with Gasteiger partial charge in [-0.15, -0.1) is 0 Å². The maximum absolute atomic E-state index is 13.5. The minimum Gasteiger partial charge on any atom is -0.456 e. The fourth-order valence-electron chi connectivity index (χ4n) is 3.47. The highest BCUT2D eigenvalue weighted by molar-refractivity contribution is 7.89. The normalized spacial score (nSPS) is 15.6. The molecule has 1 aliphatic heterocycles. The van der Waals surface area contributed by atoms with Gasteiger partial charge in [-0.2, -0.15) is 4.31 Å². The van der Waals surface area contributed by atoms with E-state index in [1.807, 2.05) is 0 Å². The average molecular weight is 528 g/mol. The number of alkyl carbamates (subject to hydrolysis) is 1. The zero-order chi connectivity index (χ0) is 25.1. The number of ether oxygens (including phenoxy) is 2. The molecule has 0 bridgehead atoms. The zero-order valence-electron chi connectivity index (χ0n) is 19.1. The van der Waals surface area contributed by atoms with Crippen molar-refractivity contribution in [1.82, 2.24) is 9.62 Å². The first-order chi connectivity index (χ1) is 15.9. The summed E-state index contributed by atoms with van der Waals surface area (Å²) in [6.07, 6.45) is 1.41. The highest BCUT2D eigenvalue weighted by atomic mass is 35.5. The molecule has 8 nitrogen and oxygen atoms in total. The molecule has 2 aromatic rings. The number of nitrogens with zero attached hydrogens (tertiary/aromatic N) is 1. The van der Waals surface area contributed by atoms with Gasteiger partial charge >= 0.3 is 6.09 Å². The van der Waals surface area contributed by atoms with Gasteiger partial charge in [-0.1, -0.05) is 23.2 Å². The van der Waals surface area contributed by atoms with Crippen LogP contribution in [0.5, 0.6) is 11.5 Å². The molecule has 1 saturated heterocycles. The molecule has 11 heteroatoms. The molecule has 0 atom stereocenters. The smallest absolute Gasteiger partial charge is 0.407 e. The number of piperidine rings is 1. The maximum Gasteiger partial charge on any atom is 0.407 e. The van der Waals surface area contributed by atoms with Crippen molar-refractivity contribution in [3.8, 4) is 11.5 Å². The zero-order valence-corrected chi connectivity index (χ0v) is 21.4. The Morgan fingerprint density at radius 3 is 2.29 bits per heavy atom. The van der Waals surface area contributed by atoms with Crippen LogP contribution in [0.4, 0.5) is 4.79 Å². The minimum atomic E-state index is -3.95. The van der Waals surface area contributed by atoms with Crippen LogP contribution in [0, 0.1) is 5.41 Å². The lowest BCUT2D eigenvalue weighted by molar-refractivity contribution is 0.0489. The fourth-order valence-corrected chi connectivity index (χ4v) is 5.59. The molecule has 2 aromatic carbocycles. The summed E-state index contributed by atoms with van der Waals surface area (Å²) in [5, 5.41) is 11.0. The summed E-state index contributed by atoms with van der Waals surface area (Å²) < 4.78 is 39.5. The van der Waals surface area contributed by atoms with Crippen molar-refractivity contribution in [2.75, 3.05) is 13.1 Å². The largest absolute Gasteiger partial charge is 0.456 e. The summed E-state index contributed by atoms with van der Waals surface area (Å²) >= 11 is 12.1. The van der Waals surface area contributed by atoms with E-state index in [2.05, 4.69) is 5.32 Å². The van der Waals surface area contributed by atoms with Crippen molar-refractivity contribution in [1.29, 1.82) is 5.41 Å². The molecular weight excluding hydrogens is 501 g/mol. The van der Waals surface area contributed by atoms with Crippen molar-refractivity contribution < 1.29 is 22.7 Å². The van der Waals surface area contributed by atoms with Gasteiger partial charge in [-0.05, 0) is 75.6 Å². The van der Waals surface area contributed by atoms with Gasteiger partial charge in [0.1, 0.15) is 22.0 Å². The van der Waals surface area contributed by atoms with E-state index in [1.165, 1.54) is 28.6 Å². The van der Waals surface area contributed by atoms with Crippen LogP contribution in [0.15, 0.2) is 41.3 Å². The maximum atomic E-state index is 13.5. The van der Waals surface area contributed by atoms with Gasteiger partial charge in [0.2, 0.25) is 10.0 Å². The van der Waals surface area contributed by atoms with Crippen molar-refractivity contribution in [3.05, 3.63) is 52.0 Å². The first kappa shape index (κ1) is 26.3. The molecule has 1 amide bonds. The number of rotatable bonds is 6. The van der Waals surface area contributed by atoms with Crippen LogP contribution in [0.1, 0.15) is 39.2 Å². The number of benzene rings is 2. The molecule has 2 N–H and O–H groups in total. The molecule has 0 radical (unpaired) electrons. The van der Waals surface area contributed by atoms with Gasteiger partial charge in [0.15, 0.2) is 0 Å². The molecule has 1 heterocycles. The molecule has 0 unspecified atom stereocenters. The minimum absolute atomic E-state index is 0.0665. The SMILES string of the molecule is CC(C)(C)OC(=O)NC1CCN(S(=O)(=O)c2cc(C=N)ccc2Oc2cc(Cl)cc(Cl)c2)CC1. The number of halogens is 2. The molecular formula is C23H27Cl2N3O5S. The summed E-state index contributed by atoms with van der Waals surface area (Å²) in [4.78, 5) is 12.0. The lowest BCUT2D eigenvalue weighted by Crippen LogP contribution is -2.47. The van der Waals surface area contributed by atoms with Crippen LogP contribution in [0.3, 0.4) is 0 Å². The molecule has 0 aromatic heterocycles. The Bertz CT molecular complexity index is 1150. The summed E-state index contributed by atoms with van der Waals surface area (Å²) in [6, 6.07) is 8.89. The number of sulfonamides is 1. The third kappa shape index (κ3) is 6.85. The van der Waals surface area contributed by atoms with E-state index in [4.69, 9.17) is 38.1 Å². The Balaban J connectivity index is 1.79. The second-order valence-corrected chi connectivity index (χ2v) is 11.7. The topological polar surface area (TPSA) is 109 Å². The predicted molar refractivity (Wildman–Crippen MR) is 132 cm³/mol. The fraction of sp³-hybridized carbons (Fsp3) is 0.391. The van der Waals surface area contributed by atoms with Crippen molar-refractivity contribution in [3.63, 3.8) is 0 Å². The molecule has 0 saturated carbocycles. The lowest BCUT2D eigenvalue weighted by atomic mass is 10.1. The van der Waals surface area contributed by atoms with Crippen LogP contribution in [0.25, 0.3) is 0 Å². The molecule has 3 rings (SSSR count). The van der Waals surface area contributed by atoms with E-state index >= 15 is 0 Å². The van der Waals surface area contributed by atoms with E-state index in [0.29, 0.717) is 28.5 Å². The van der Waals surface area contributed by atoms with Gasteiger partial charge in [0.05, 0.1) is 0 Å². The van der Waals surface area contributed by atoms with Crippen molar-refractivity contribution in [2.24, 2.45) is 0 Å². The second kappa shape index (κ2) is 10.5. The van der Waals surface area contributed by atoms with Gasteiger partial charge in [-0.3, -0.25) is 0 Å². The Labute approximate surface area is 209 Å². The van der Waals surface area contributed by atoms with Crippen molar-refractivity contribution >= 4 is 45.5 Å². The van der Waals surface area contributed by atoms with E-state index in [-0.39, 0.29) is 35.5 Å². The molecule has 184 valence electrons. The van der Waals surface area contributed by atoms with Crippen LogP contribution in [-0.4, -0.2) is 49.8 Å². The third-order valence-corrected chi connectivity index (χ3v) is 7.35. The van der Waals surface area contributed by atoms with E-state index in [1.54, 1.807) is 32.9 Å². The number of hydrogen-bond donors (Lipinski definition) is 2. The van der Waals surface area contributed by atoms with E-state index < -0.39 is 21.7 Å². The first-order valence-corrected chi connectivity index (χ1v) is 12.8. The summed E-state index contributed by atoms with van der Waals surface area (Å²) in [7, 11) is -3.95. The van der Waals surface area contributed by atoms with Gasteiger partial charge in [-0.25, -0.2) is 13.2 Å². The second-order valence-electron chi connectivity index (χ2n) is 8.88. The highest BCUT2D eigenvalue weighted by Gasteiger charge is 2.33. The standard InChI is InChI=1S/C23H27Cl2N3O5S/c1-23(2,3)33-22(29)27-18-6-8-28(9-7-18)34(30,31)21-10-15(14-26)4-5-20(21)32-19-12-16(24)11-17(25)13-19/h4-5,10-14,18,26H,6-9H2,1-3H3,(H,27,29). The quantitative estimate of drug-likeness (QED) is 0.484. The van der Waals surface area contributed by atoms with Crippen LogP contribution >= 0.6 is 23.2 Å². The number of amides is 1. The van der Waals surface area contributed by atoms with Gasteiger partial charge in [0, 0.05) is 35.4 Å². The molecule has 1 fully saturated rings. The third-order valence-electron chi connectivity index (χ3n) is 4.99.